The maximum atomic E-state index is 14.0. The lowest BCUT2D eigenvalue weighted by atomic mass is 10.1. The van der Waals surface area contributed by atoms with E-state index >= 15 is 0 Å². The predicted molar refractivity (Wildman–Crippen MR) is 89.5 cm³/mol. The Morgan fingerprint density at radius 3 is 1.87 bits per heavy atom. The summed E-state index contributed by atoms with van der Waals surface area (Å²) in [5.74, 6) is 0. The molecule has 0 saturated carbocycles. The van der Waals surface area contributed by atoms with Crippen molar-refractivity contribution < 1.29 is 17.7 Å². The van der Waals surface area contributed by atoms with E-state index in [2.05, 4.69) is 0 Å². The highest BCUT2D eigenvalue weighted by atomic mass is 31.2. The molecule has 0 bridgehead atoms. The molecule has 1 aromatic carbocycles. The van der Waals surface area contributed by atoms with Crippen LogP contribution in [0.25, 0.3) is 10.9 Å². The molecule has 0 spiro atoms. The molecule has 0 aliphatic rings. The van der Waals surface area contributed by atoms with Crippen molar-refractivity contribution in [3.8, 4) is 0 Å². The van der Waals surface area contributed by atoms with Crippen LogP contribution in [0.15, 0.2) is 30.5 Å². The molecule has 2 aromatic rings. The van der Waals surface area contributed by atoms with Crippen molar-refractivity contribution in [2.75, 3.05) is 0 Å². The summed E-state index contributed by atoms with van der Waals surface area (Å²) in [4.78, 5) is 0. The Morgan fingerprint density at radius 2 is 1.43 bits per heavy atom. The van der Waals surface area contributed by atoms with Crippen LogP contribution in [-0.2, 0) is 10.7 Å². The first-order valence-electron chi connectivity index (χ1n) is 7.49. The van der Waals surface area contributed by atoms with Gasteiger partial charge in [0.05, 0.1) is 11.1 Å². The van der Waals surface area contributed by atoms with Crippen LogP contribution in [0, 0.1) is 0 Å². The van der Waals surface area contributed by atoms with Gasteiger partial charge >= 0.3 is 6.18 Å². The fourth-order valence-corrected chi connectivity index (χ4v) is 7.23. The smallest absolute Gasteiger partial charge is 0.299 e. The third kappa shape index (κ3) is 2.84. The summed E-state index contributed by atoms with van der Waals surface area (Å²) < 4.78 is 54.7. The number of fused-ring (bicyclic) bond motifs is 1. The number of nitrogens with zero attached hydrogens (tertiary/aromatic N) is 1. The number of hydrogen-bond donors (Lipinski definition) is 0. The standard InChI is InChI=1S/C17H23F3NOP/c1-15(2,3)23(22,16(4,5)6)21-10-9-12-7-8-13(11-14(12)21)17(18,19)20/h7-11H,1-6H3. The Bertz CT molecular complexity index is 758. The van der Waals surface area contributed by atoms with Gasteiger partial charge in [-0.15, -0.1) is 0 Å². The fraction of sp³-hybridized carbons (Fsp3) is 0.529. The number of hydrogen-bond acceptors (Lipinski definition) is 1. The minimum Gasteiger partial charge on any atom is -0.299 e. The minimum atomic E-state index is -4.42. The maximum Gasteiger partial charge on any atom is 0.416 e. The molecule has 0 atom stereocenters. The highest BCUT2D eigenvalue weighted by molar-refractivity contribution is 7.65. The number of benzene rings is 1. The van der Waals surface area contributed by atoms with E-state index in [1.165, 1.54) is 6.07 Å². The molecule has 23 heavy (non-hydrogen) atoms. The first-order valence-corrected chi connectivity index (χ1v) is 9.15. The number of alkyl halides is 3. The zero-order chi connectivity index (χ0) is 17.8. The van der Waals surface area contributed by atoms with E-state index < -0.39 is 29.3 Å². The normalized spacial score (nSPS) is 14.5. The molecule has 1 aromatic heterocycles. The van der Waals surface area contributed by atoms with Gasteiger partial charge in [0.1, 0.15) is 0 Å². The van der Waals surface area contributed by atoms with Gasteiger partial charge in [0.15, 0.2) is 7.29 Å². The van der Waals surface area contributed by atoms with Crippen LogP contribution in [0.4, 0.5) is 13.2 Å². The highest BCUT2D eigenvalue weighted by Crippen LogP contribution is 2.68. The molecular weight excluding hydrogens is 322 g/mol. The molecule has 128 valence electrons. The van der Waals surface area contributed by atoms with Crippen LogP contribution >= 0.6 is 7.29 Å². The second kappa shape index (κ2) is 5.14. The second-order valence-electron chi connectivity index (χ2n) is 7.85. The quantitative estimate of drug-likeness (QED) is 0.549. The van der Waals surface area contributed by atoms with Crippen molar-refractivity contribution in [1.29, 1.82) is 0 Å². The van der Waals surface area contributed by atoms with E-state index in [-0.39, 0.29) is 0 Å². The molecule has 2 rings (SSSR count). The summed E-state index contributed by atoms with van der Waals surface area (Å²) in [6.45, 7) is 11.2. The van der Waals surface area contributed by atoms with Gasteiger partial charge in [0, 0.05) is 16.5 Å². The molecule has 0 unspecified atom stereocenters. The first-order chi connectivity index (χ1) is 10.2. The van der Waals surface area contributed by atoms with E-state index in [0.29, 0.717) is 10.9 Å². The summed E-state index contributed by atoms with van der Waals surface area (Å²) in [6.07, 6.45) is -2.77. The predicted octanol–water partition coefficient (Wildman–Crippen LogP) is 6.38. The van der Waals surface area contributed by atoms with Crippen LogP contribution in [0.2, 0.25) is 0 Å². The lowest BCUT2D eigenvalue weighted by Gasteiger charge is -2.42. The van der Waals surface area contributed by atoms with Crippen molar-refractivity contribution >= 4 is 18.2 Å². The maximum absolute atomic E-state index is 14.0. The van der Waals surface area contributed by atoms with Crippen molar-refractivity contribution in [2.45, 2.75) is 58.0 Å². The Labute approximate surface area is 135 Å². The van der Waals surface area contributed by atoms with E-state index in [1.54, 1.807) is 16.6 Å². The lowest BCUT2D eigenvalue weighted by Crippen LogP contribution is -2.32. The average Bonchev–Trinajstić information content (AvgIpc) is 2.76. The average molecular weight is 345 g/mol. The lowest BCUT2D eigenvalue weighted by molar-refractivity contribution is -0.137. The van der Waals surface area contributed by atoms with Gasteiger partial charge in [-0.05, 0) is 23.6 Å². The number of aromatic nitrogens is 1. The molecule has 0 saturated heterocycles. The summed E-state index contributed by atoms with van der Waals surface area (Å²) in [5, 5.41) is -0.497. The van der Waals surface area contributed by atoms with Gasteiger partial charge in [-0.3, -0.25) is 8.90 Å². The number of halogens is 3. The molecule has 2 nitrogen and oxygen atoms in total. The van der Waals surface area contributed by atoms with Gasteiger partial charge in [-0.25, -0.2) is 0 Å². The van der Waals surface area contributed by atoms with Gasteiger partial charge in [-0.2, -0.15) is 13.2 Å². The molecule has 0 radical (unpaired) electrons. The van der Waals surface area contributed by atoms with E-state index in [1.807, 2.05) is 41.5 Å². The van der Waals surface area contributed by atoms with Gasteiger partial charge in [0.2, 0.25) is 0 Å². The van der Waals surface area contributed by atoms with E-state index in [9.17, 15) is 17.7 Å². The second-order valence-corrected chi connectivity index (χ2v) is 12.1. The van der Waals surface area contributed by atoms with Crippen LogP contribution in [-0.4, -0.2) is 14.6 Å². The third-order valence-corrected chi connectivity index (χ3v) is 8.71. The van der Waals surface area contributed by atoms with E-state index in [4.69, 9.17) is 0 Å². The molecule has 0 fully saturated rings. The number of rotatable bonds is 1. The Balaban J connectivity index is 2.83. The van der Waals surface area contributed by atoms with Crippen LogP contribution in [0.1, 0.15) is 47.1 Å². The topological polar surface area (TPSA) is 22.0 Å². The van der Waals surface area contributed by atoms with Crippen molar-refractivity contribution in [2.24, 2.45) is 0 Å². The summed E-state index contributed by atoms with van der Waals surface area (Å²) >= 11 is 0. The van der Waals surface area contributed by atoms with Gasteiger partial charge < -0.3 is 0 Å². The minimum absolute atomic E-state index is 0.369. The van der Waals surface area contributed by atoms with Gasteiger partial charge in [0.25, 0.3) is 0 Å². The first kappa shape index (κ1) is 18.1. The zero-order valence-corrected chi connectivity index (χ0v) is 15.2. The van der Waals surface area contributed by atoms with Crippen molar-refractivity contribution in [3.63, 3.8) is 0 Å². The third-order valence-electron chi connectivity index (χ3n) is 4.12. The molecule has 6 heteroatoms. The SMILES string of the molecule is CC(C)(C)P(=O)(n1ccc2ccc(C(F)(F)F)cc21)C(C)(C)C. The molecule has 0 amide bonds. The molecule has 0 aliphatic heterocycles. The monoisotopic (exact) mass is 345 g/mol. The summed E-state index contributed by atoms with van der Waals surface area (Å²) in [5.41, 5.74) is -0.354. The van der Waals surface area contributed by atoms with Crippen LogP contribution in [0.3, 0.4) is 0 Å². The Morgan fingerprint density at radius 1 is 0.913 bits per heavy atom. The Kier molecular flexibility index (Phi) is 4.05. The summed E-state index contributed by atoms with van der Waals surface area (Å²) in [6, 6.07) is 5.31. The highest BCUT2D eigenvalue weighted by Gasteiger charge is 2.48. The van der Waals surface area contributed by atoms with E-state index in [0.717, 1.165) is 12.1 Å². The molecule has 1 heterocycles. The Hall–Kier alpha value is -1.22. The molecule has 0 N–H and O–H groups in total. The van der Waals surface area contributed by atoms with Gasteiger partial charge in [-0.1, -0.05) is 47.6 Å². The molecule has 0 aliphatic carbocycles. The molecular formula is C17H23F3NOP. The fourth-order valence-electron chi connectivity index (χ4n) is 3.19. The van der Waals surface area contributed by atoms with Crippen LogP contribution < -0.4 is 0 Å². The largest absolute Gasteiger partial charge is 0.416 e. The van der Waals surface area contributed by atoms with Crippen molar-refractivity contribution in [1.82, 2.24) is 4.34 Å². The summed E-state index contributed by atoms with van der Waals surface area (Å²) in [7, 11) is -3.06. The van der Waals surface area contributed by atoms with Crippen LogP contribution in [0.5, 0.6) is 0 Å². The zero-order valence-electron chi connectivity index (χ0n) is 14.3. The van der Waals surface area contributed by atoms with Crippen molar-refractivity contribution in [3.05, 3.63) is 36.0 Å².